The minimum Gasteiger partial charge on any atom is -0.391 e. The molecule has 2 nitrogen and oxygen atoms in total. The van der Waals surface area contributed by atoms with E-state index in [2.05, 4.69) is 35.5 Å². The van der Waals surface area contributed by atoms with E-state index in [0.29, 0.717) is 0 Å². The first-order valence-corrected chi connectivity index (χ1v) is 7.74. The zero-order valence-corrected chi connectivity index (χ0v) is 12.6. The van der Waals surface area contributed by atoms with Crippen molar-refractivity contribution in [1.82, 2.24) is 0 Å². The van der Waals surface area contributed by atoms with Crippen LogP contribution in [0, 0.1) is 5.82 Å². The minimum atomic E-state index is -0.214. The summed E-state index contributed by atoms with van der Waals surface area (Å²) in [5.41, 5.74) is 3.14. The summed E-state index contributed by atoms with van der Waals surface area (Å²) < 4.78 is 13.0. The Balaban J connectivity index is 1.49. The van der Waals surface area contributed by atoms with Crippen molar-refractivity contribution in [3.8, 4) is 0 Å². The molecule has 1 aliphatic rings. The lowest BCUT2D eigenvalue weighted by Crippen LogP contribution is -2.11. The highest BCUT2D eigenvalue weighted by molar-refractivity contribution is 6.04. The van der Waals surface area contributed by atoms with Gasteiger partial charge in [-0.3, -0.25) is 0 Å². The molecule has 0 saturated carbocycles. The molecular formula is C20H16FNO. The Morgan fingerprint density at radius 3 is 2.57 bits per heavy atom. The summed E-state index contributed by atoms with van der Waals surface area (Å²) in [6, 6.07) is 21.2. The molecule has 114 valence electrons. The van der Waals surface area contributed by atoms with Gasteiger partial charge in [-0.2, -0.15) is 0 Å². The van der Waals surface area contributed by atoms with Crippen molar-refractivity contribution >= 4 is 16.5 Å². The average Bonchev–Trinajstić information content (AvgIpc) is 3.05. The molecule has 0 spiro atoms. The Hall–Kier alpha value is -2.68. The van der Waals surface area contributed by atoms with Gasteiger partial charge in [-0.15, -0.1) is 0 Å². The van der Waals surface area contributed by atoms with E-state index in [1.54, 1.807) is 12.1 Å². The molecule has 1 heterocycles. The van der Waals surface area contributed by atoms with E-state index >= 15 is 0 Å². The van der Waals surface area contributed by atoms with E-state index < -0.39 is 0 Å². The van der Waals surface area contributed by atoms with Gasteiger partial charge in [0.1, 0.15) is 11.9 Å². The maximum Gasteiger partial charge on any atom is 0.137 e. The molecule has 0 bridgehead atoms. The first-order chi connectivity index (χ1) is 11.3. The van der Waals surface area contributed by atoms with Crippen LogP contribution in [-0.2, 0) is 11.3 Å². The number of fused-ring (bicyclic) bond motifs is 1. The number of nitrogens with zero attached hydrogens (tertiary/aromatic N) is 1. The second kappa shape index (κ2) is 5.84. The maximum atomic E-state index is 13.0. The lowest BCUT2D eigenvalue weighted by atomic mass is 9.98. The fraction of sp³-hybridized carbons (Fsp3) is 0.150. The molecule has 3 heteroatoms. The molecule has 0 unspecified atom stereocenters. The number of hydrogen-bond donors (Lipinski definition) is 0. The van der Waals surface area contributed by atoms with Crippen LogP contribution in [0.1, 0.15) is 17.5 Å². The summed E-state index contributed by atoms with van der Waals surface area (Å²) in [4.78, 5) is 5.56. The summed E-state index contributed by atoms with van der Waals surface area (Å²) in [6.07, 6.45) is 1.53. The van der Waals surface area contributed by atoms with Crippen molar-refractivity contribution in [3.05, 3.63) is 83.7 Å². The van der Waals surface area contributed by atoms with Crippen LogP contribution in [0.5, 0.6) is 0 Å². The van der Waals surface area contributed by atoms with Gasteiger partial charge in [0, 0.05) is 18.4 Å². The molecule has 0 radical (unpaired) electrons. The zero-order chi connectivity index (χ0) is 15.6. The Morgan fingerprint density at radius 1 is 0.957 bits per heavy atom. The van der Waals surface area contributed by atoms with E-state index in [1.807, 2.05) is 12.1 Å². The number of hydrogen-bond acceptors (Lipinski definition) is 2. The standard InChI is InChI=1S/C20H16FNO/c21-18-9-5-14(6-10-18)11-19-13-20(22-23-19)17-8-7-15-3-1-2-4-16(15)12-17/h1-10,12,19H,11,13H2/t19-/m1/s1. The molecule has 0 N–H and O–H groups in total. The van der Waals surface area contributed by atoms with Gasteiger partial charge in [0.15, 0.2) is 0 Å². The Labute approximate surface area is 134 Å². The first-order valence-electron chi connectivity index (χ1n) is 7.74. The first kappa shape index (κ1) is 13.9. The molecule has 3 aromatic carbocycles. The lowest BCUT2D eigenvalue weighted by Gasteiger charge is -2.08. The lowest BCUT2D eigenvalue weighted by molar-refractivity contribution is 0.0859. The molecule has 0 amide bonds. The fourth-order valence-corrected chi connectivity index (χ4v) is 2.96. The highest BCUT2D eigenvalue weighted by Gasteiger charge is 2.22. The van der Waals surface area contributed by atoms with Crippen LogP contribution in [0.15, 0.2) is 71.9 Å². The third kappa shape index (κ3) is 2.95. The molecule has 1 atom stereocenters. The van der Waals surface area contributed by atoms with Crippen molar-refractivity contribution in [2.24, 2.45) is 5.16 Å². The zero-order valence-electron chi connectivity index (χ0n) is 12.6. The fourth-order valence-electron chi connectivity index (χ4n) is 2.96. The smallest absolute Gasteiger partial charge is 0.137 e. The van der Waals surface area contributed by atoms with Crippen LogP contribution in [0.25, 0.3) is 10.8 Å². The minimum absolute atomic E-state index is 0.0157. The third-order valence-corrected chi connectivity index (χ3v) is 4.19. The molecular weight excluding hydrogens is 289 g/mol. The van der Waals surface area contributed by atoms with Gasteiger partial charge >= 0.3 is 0 Å². The molecule has 4 rings (SSSR count). The molecule has 3 aromatic rings. The van der Waals surface area contributed by atoms with Crippen molar-refractivity contribution < 1.29 is 9.23 Å². The molecule has 0 aliphatic carbocycles. The van der Waals surface area contributed by atoms with Gasteiger partial charge in [-0.25, -0.2) is 4.39 Å². The van der Waals surface area contributed by atoms with Gasteiger partial charge in [0.05, 0.1) is 5.71 Å². The van der Waals surface area contributed by atoms with Crippen LogP contribution in [-0.4, -0.2) is 11.8 Å². The molecule has 23 heavy (non-hydrogen) atoms. The molecule has 0 aromatic heterocycles. The summed E-state index contributed by atoms with van der Waals surface area (Å²) >= 11 is 0. The topological polar surface area (TPSA) is 21.6 Å². The monoisotopic (exact) mass is 305 g/mol. The molecule has 1 aliphatic heterocycles. The van der Waals surface area contributed by atoms with Gasteiger partial charge in [0.2, 0.25) is 0 Å². The molecule has 0 saturated heterocycles. The van der Waals surface area contributed by atoms with Crippen molar-refractivity contribution in [2.75, 3.05) is 0 Å². The highest BCUT2D eigenvalue weighted by Crippen LogP contribution is 2.23. The predicted molar refractivity (Wildman–Crippen MR) is 90.1 cm³/mol. The quantitative estimate of drug-likeness (QED) is 0.686. The van der Waals surface area contributed by atoms with E-state index in [0.717, 1.165) is 29.7 Å². The summed E-state index contributed by atoms with van der Waals surface area (Å²) in [7, 11) is 0. The Morgan fingerprint density at radius 2 is 1.74 bits per heavy atom. The number of halogens is 1. The van der Waals surface area contributed by atoms with Crippen LogP contribution >= 0.6 is 0 Å². The second-order valence-corrected chi connectivity index (χ2v) is 5.86. The Kier molecular flexibility index (Phi) is 3.54. The van der Waals surface area contributed by atoms with Crippen LogP contribution in [0.4, 0.5) is 4.39 Å². The number of rotatable bonds is 3. The van der Waals surface area contributed by atoms with Gasteiger partial charge in [-0.1, -0.05) is 53.7 Å². The SMILES string of the molecule is Fc1ccc(C[C@@H]2CC(c3ccc4ccccc4c3)=NO2)cc1. The highest BCUT2D eigenvalue weighted by atomic mass is 19.1. The van der Waals surface area contributed by atoms with E-state index in [1.165, 1.54) is 22.9 Å². The van der Waals surface area contributed by atoms with E-state index in [4.69, 9.17) is 4.84 Å². The maximum absolute atomic E-state index is 13.0. The van der Waals surface area contributed by atoms with Crippen LogP contribution in [0.2, 0.25) is 0 Å². The third-order valence-electron chi connectivity index (χ3n) is 4.19. The Bertz CT molecular complexity index is 870. The largest absolute Gasteiger partial charge is 0.391 e. The average molecular weight is 305 g/mol. The van der Waals surface area contributed by atoms with Crippen molar-refractivity contribution in [3.63, 3.8) is 0 Å². The molecule has 0 fully saturated rings. The normalized spacial score (nSPS) is 17.1. The summed E-state index contributed by atoms with van der Waals surface area (Å²) in [6.45, 7) is 0. The number of oxime groups is 1. The van der Waals surface area contributed by atoms with Gasteiger partial charge in [-0.05, 0) is 34.5 Å². The summed E-state index contributed by atoms with van der Waals surface area (Å²) in [5, 5.41) is 6.67. The summed E-state index contributed by atoms with van der Waals surface area (Å²) in [5.74, 6) is -0.214. The van der Waals surface area contributed by atoms with Gasteiger partial charge in [0.25, 0.3) is 0 Å². The van der Waals surface area contributed by atoms with E-state index in [-0.39, 0.29) is 11.9 Å². The van der Waals surface area contributed by atoms with Crippen LogP contribution < -0.4 is 0 Å². The second-order valence-electron chi connectivity index (χ2n) is 5.86. The van der Waals surface area contributed by atoms with Gasteiger partial charge < -0.3 is 4.84 Å². The van der Waals surface area contributed by atoms with Crippen LogP contribution in [0.3, 0.4) is 0 Å². The van der Waals surface area contributed by atoms with Crippen molar-refractivity contribution in [1.29, 1.82) is 0 Å². The number of benzene rings is 3. The van der Waals surface area contributed by atoms with E-state index in [9.17, 15) is 4.39 Å². The predicted octanol–water partition coefficient (Wildman–Crippen LogP) is 4.71. The van der Waals surface area contributed by atoms with Crippen molar-refractivity contribution in [2.45, 2.75) is 18.9 Å².